The van der Waals surface area contributed by atoms with Gasteiger partial charge >= 0.3 is 0 Å². The molecule has 0 fully saturated rings. The van der Waals surface area contributed by atoms with Crippen LogP contribution >= 0.6 is 11.8 Å². The Morgan fingerprint density at radius 3 is 2.56 bits per heavy atom. The highest BCUT2D eigenvalue weighted by Gasteiger charge is 1.97. The summed E-state index contributed by atoms with van der Waals surface area (Å²) in [5.41, 5.74) is 0. The SMILES string of the molecule is O=C(CO)SCCCO. The van der Waals surface area contributed by atoms with Gasteiger partial charge in [0.2, 0.25) is 5.12 Å². The van der Waals surface area contributed by atoms with Gasteiger partial charge in [-0.05, 0) is 6.42 Å². The van der Waals surface area contributed by atoms with Crippen molar-refractivity contribution in [1.82, 2.24) is 0 Å². The molecule has 0 rings (SSSR count). The average molecular weight is 150 g/mol. The van der Waals surface area contributed by atoms with Crippen LogP contribution in [0.5, 0.6) is 0 Å². The molecule has 3 nitrogen and oxygen atoms in total. The smallest absolute Gasteiger partial charge is 0.214 e. The van der Waals surface area contributed by atoms with E-state index >= 15 is 0 Å². The van der Waals surface area contributed by atoms with Gasteiger partial charge in [-0.2, -0.15) is 0 Å². The first-order valence-electron chi connectivity index (χ1n) is 2.68. The second-order valence-corrected chi connectivity index (χ2v) is 2.61. The number of carbonyl (C=O) groups excluding carboxylic acids is 1. The van der Waals surface area contributed by atoms with Crippen LogP contribution in [0, 0.1) is 0 Å². The van der Waals surface area contributed by atoms with Crippen LogP contribution in [0.2, 0.25) is 0 Å². The highest BCUT2D eigenvalue weighted by Crippen LogP contribution is 2.01. The quantitative estimate of drug-likeness (QED) is 0.536. The van der Waals surface area contributed by atoms with Crippen LogP contribution in [0.25, 0.3) is 0 Å². The normalized spacial score (nSPS) is 9.56. The first-order chi connectivity index (χ1) is 4.31. The molecule has 0 saturated carbocycles. The average Bonchev–Trinajstić information content (AvgIpc) is 1.89. The maximum atomic E-state index is 10.3. The highest BCUT2D eigenvalue weighted by molar-refractivity contribution is 8.13. The number of thioether (sulfide) groups is 1. The summed E-state index contributed by atoms with van der Waals surface area (Å²) in [6, 6.07) is 0. The standard InChI is InChI=1S/C5H10O3S/c6-2-1-3-9-5(8)4-7/h6-7H,1-4H2. The summed E-state index contributed by atoms with van der Waals surface area (Å²) in [6.07, 6.45) is 0.608. The molecular weight excluding hydrogens is 140 g/mol. The number of carbonyl (C=O) groups is 1. The predicted molar refractivity (Wildman–Crippen MR) is 36.3 cm³/mol. The maximum absolute atomic E-state index is 10.3. The van der Waals surface area contributed by atoms with Gasteiger partial charge < -0.3 is 10.2 Å². The monoisotopic (exact) mass is 150 g/mol. The molecule has 0 spiro atoms. The van der Waals surface area contributed by atoms with Gasteiger partial charge in [-0.3, -0.25) is 4.79 Å². The predicted octanol–water partition coefficient (Wildman–Crippen LogP) is -0.379. The second kappa shape index (κ2) is 6.07. The number of hydrogen-bond acceptors (Lipinski definition) is 4. The molecule has 9 heavy (non-hydrogen) atoms. The Kier molecular flexibility index (Phi) is 6.03. The molecule has 0 aromatic carbocycles. The van der Waals surface area contributed by atoms with Crippen molar-refractivity contribution in [2.24, 2.45) is 0 Å². The topological polar surface area (TPSA) is 57.5 Å². The first kappa shape index (κ1) is 8.94. The van der Waals surface area contributed by atoms with Gasteiger partial charge in [0.05, 0.1) is 0 Å². The number of hydrogen-bond donors (Lipinski definition) is 2. The van der Waals surface area contributed by atoms with Crippen LogP contribution in [0.3, 0.4) is 0 Å². The molecule has 0 aliphatic rings. The van der Waals surface area contributed by atoms with Crippen molar-refractivity contribution in [2.45, 2.75) is 6.42 Å². The minimum Gasteiger partial charge on any atom is -0.396 e. The molecule has 0 amide bonds. The van der Waals surface area contributed by atoms with Crippen LogP contribution in [-0.4, -0.2) is 34.3 Å². The van der Waals surface area contributed by atoms with E-state index in [1.807, 2.05) is 0 Å². The molecule has 0 saturated heterocycles. The Bertz CT molecular complexity index is 84.3. The lowest BCUT2D eigenvalue weighted by Gasteiger charge is -1.93. The van der Waals surface area contributed by atoms with Crippen LogP contribution in [0.4, 0.5) is 0 Å². The summed E-state index contributed by atoms with van der Waals surface area (Å²) < 4.78 is 0. The van der Waals surface area contributed by atoms with Gasteiger partial charge in [0.15, 0.2) is 0 Å². The van der Waals surface area contributed by atoms with E-state index in [1.54, 1.807) is 0 Å². The number of aliphatic hydroxyl groups excluding tert-OH is 2. The van der Waals surface area contributed by atoms with E-state index in [0.29, 0.717) is 12.2 Å². The van der Waals surface area contributed by atoms with Crippen LogP contribution in [0.15, 0.2) is 0 Å². The lowest BCUT2D eigenvalue weighted by atomic mass is 10.5. The fourth-order valence-corrected chi connectivity index (χ4v) is 0.889. The lowest BCUT2D eigenvalue weighted by molar-refractivity contribution is -0.113. The number of aliphatic hydroxyl groups is 2. The van der Waals surface area contributed by atoms with Gasteiger partial charge in [-0.15, -0.1) is 0 Å². The van der Waals surface area contributed by atoms with Crippen LogP contribution in [0.1, 0.15) is 6.42 Å². The molecule has 2 N–H and O–H groups in total. The van der Waals surface area contributed by atoms with E-state index in [-0.39, 0.29) is 11.7 Å². The summed E-state index contributed by atoms with van der Waals surface area (Å²) in [5, 5.41) is 16.2. The number of rotatable bonds is 4. The molecule has 0 bridgehead atoms. The minimum atomic E-state index is -0.407. The van der Waals surface area contributed by atoms with E-state index in [4.69, 9.17) is 10.2 Å². The zero-order valence-corrected chi connectivity index (χ0v) is 5.86. The minimum absolute atomic E-state index is 0.103. The Hall–Kier alpha value is -0.0600. The summed E-state index contributed by atoms with van der Waals surface area (Å²) in [6.45, 7) is -0.304. The molecular formula is C5H10O3S. The van der Waals surface area contributed by atoms with Gasteiger partial charge in [-0.1, -0.05) is 11.8 Å². The molecule has 0 aromatic rings. The first-order valence-corrected chi connectivity index (χ1v) is 3.67. The second-order valence-electron chi connectivity index (χ2n) is 1.46. The van der Waals surface area contributed by atoms with Crippen molar-refractivity contribution in [3.05, 3.63) is 0 Å². The largest absolute Gasteiger partial charge is 0.396 e. The Morgan fingerprint density at radius 2 is 2.11 bits per heavy atom. The molecule has 0 atom stereocenters. The van der Waals surface area contributed by atoms with E-state index in [2.05, 4.69) is 0 Å². The van der Waals surface area contributed by atoms with Gasteiger partial charge in [0.25, 0.3) is 0 Å². The third-order valence-corrected chi connectivity index (χ3v) is 1.64. The van der Waals surface area contributed by atoms with Crippen molar-refractivity contribution in [3.8, 4) is 0 Å². The molecule has 0 aromatic heterocycles. The van der Waals surface area contributed by atoms with E-state index < -0.39 is 6.61 Å². The third kappa shape index (κ3) is 5.82. The third-order valence-electron chi connectivity index (χ3n) is 0.695. The van der Waals surface area contributed by atoms with E-state index in [9.17, 15) is 4.79 Å². The fourth-order valence-electron chi connectivity index (χ4n) is 0.296. The molecule has 0 aliphatic carbocycles. The van der Waals surface area contributed by atoms with Crippen LogP contribution < -0.4 is 0 Å². The van der Waals surface area contributed by atoms with Crippen molar-refractivity contribution in [1.29, 1.82) is 0 Å². The molecule has 4 heteroatoms. The molecule has 0 heterocycles. The van der Waals surface area contributed by atoms with E-state index in [1.165, 1.54) is 0 Å². The zero-order chi connectivity index (χ0) is 7.11. The molecule has 0 unspecified atom stereocenters. The Labute approximate surface area is 58.1 Å². The Balaban J connectivity index is 2.97. The summed E-state index contributed by atoms with van der Waals surface area (Å²) >= 11 is 1.05. The summed E-state index contributed by atoms with van der Waals surface area (Å²) in [5.74, 6) is 0.593. The fraction of sp³-hybridized carbons (Fsp3) is 0.800. The Morgan fingerprint density at radius 1 is 1.44 bits per heavy atom. The highest BCUT2D eigenvalue weighted by atomic mass is 32.2. The summed E-state index contributed by atoms with van der Waals surface area (Å²) in [7, 11) is 0. The lowest BCUT2D eigenvalue weighted by Crippen LogP contribution is -1.99. The zero-order valence-electron chi connectivity index (χ0n) is 5.04. The molecule has 54 valence electrons. The maximum Gasteiger partial charge on any atom is 0.214 e. The van der Waals surface area contributed by atoms with E-state index in [0.717, 1.165) is 11.8 Å². The van der Waals surface area contributed by atoms with Crippen LogP contribution in [-0.2, 0) is 4.79 Å². The van der Waals surface area contributed by atoms with Crippen molar-refractivity contribution < 1.29 is 15.0 Å². The van der Waals surface area contributed by atoms with Gasteiger partial charge in [0.1, 0.15) is 6.61 Å². The van der Waals surface area contributed by atoms with Crippen molar-refractivity contribution in [3.63, 3.8) is 0 Å². The van der Waals surface area contributed by atoms with Crippen molar-refractivity contribution >= 4 is 16.9 Å². The van der Waals surface area contributed by atoms with Gasteiger partial charge in [-0.25, -0.2) is 0 Å². The summed E-state index contributed by atoms with van der Waals surface area (Å²) in [4.78, 5) is 10.3. The molecule has 0 aliphatic heterocycles. The van der Waals surface area contributed by atoms with Crippen molar-refractivity contribution in [2.75, 3.05) is 19.0 Å². The van der Waals surface area contributed by atoms with Gasteiger partial charge in [0, 0.05) is 12.4 Å². The molecule has 0 radical (unpaired) electrons.